The third-order valence-electron chi connectivity index (χ3n) is 3.46. The lowest BCUT2D eigenvalue weighted by atomic mass is 9.94. The zero-order valence-electron chi connectivity index (χ0n) is 9.62. The summed E-state index contributed by atoms with van der Waals surface area (Å²) in [7, 11) is 0. The van der Waals surface area contributed by atoms with E-state index < -0.39 is 5.97 Å². The second kappa shape index (κ2) is 3.99. The standard InChI is InChI=1S/C12H14O3S2/c1-7-9-8(15-10(7)11(13)14)3-2-4-12(9)16-5-6-17-12/h2-6H2,1H3,(H,13,14). The minimum absolute atomic E-state index is 0.0782. The number of hydrogen-bond acceptors (Lipinski definition) is 4. The lowest BCUT2D eigenvalue weighted by Crippen LogP contribution is -2.21. The quantitative estimate of drug-likeness (QED) is 0.849. The Balaban J connectivity index is 2.16. The molecule has 0 amide bonds. The van der Waals surface area contributed by atoms with E-state index in [1.54, 1.807) is 0 Å². The van der Waals surface area contributed by atoms with Gasteiger partial charge >= 0.3 is 5.97 Å². The molecule has 0 aromatic carbocycles. The van der Waals surface area contributed by atoms with Gasteiger partial charge in [-0.25, -0.2) is 4.79 Å². The minimum atomic E-state index is -0.944. The molecule has 17 heavy (non-hydrogen) atoms. The van der Waals surface area contributed by atoms with Crippen LogP contribution in [-0.4, -0.2) is 22.6 Å². The van der Waals surface area contributed by atoms with Crippen molar-refractivity contribution in [3.05, 3.63) is 22.6 Å². The summed E-state index contributed by atoms with van der Waals surface area (Å²) in [6, 6.07) is 0. The van der Waals surface area contributed by atoms with Crippen molar-refractivity contribution in [3.63, 3.8) is 0 Å². The molecule has 92 valence electrons. The summed E-state index contributed by atoms with van der Waals surface area (Å²) < 4.78 is 5.64. The van der Waals surface area contributed by atoms with Crippen LogP contribution in [0.4, 0.5) is 0 Å². The average molecular weight is 270 g/mol. The van der Waals surface area contributed by atoms with Gasteiger partial charge in [0, 0.05) is 29.1 Å². The van der Waals surface area contributed by atoms with E-state index in [1.165, 1.54) is 5.56 Å². The molecule has 0 radical (unpaired) electrons. The molecule has 2 aliphatic rings. The molecule has 1 aliphatic carbocycles. The van der Waals surface area contributed by atoms with Crippen LogP contribution in [0.15, 0.2) is 4.42 Å². The Kier molecular flexibility index (Phi) is 2.70. The predicted molar refractivity (Wildman–Crippen MR) is 69.9 cm³/mol. The van der Waals surface area contributed by atoms with Crippen molar-refractivity contribution in [2.45, 2.75) is 30.3 Å². The third-order valence-corrected chi connectivity index (χ3v) is 6.99. The highest BCUT2D eigenvalue weighted by molar-refractivity contribution is 8.20. The molecule has 1 aliphatic heterocycles. The highest BCUT2D eigenvalue weighted by Crippen LogP contribution is 2.59. The van der Waals surface area contributed by atoms with Gasteiger partial charge in [-0.15, -0.1) is 23.5 Å². The number of aromatic carboxylic acids is 1. The molecule has 1 aromatic heterocycles. The Hall–Kier alpha value is -0.550. The van der Waals surface area contributed by atoms with Crippen molar-refractivity contribution >= 4 is 29.5 Å². The van der Waals surface area contributed by atoms with Crippen LogP contribution in [0.2, 0.25) is 0 Å². The Morgan fingerprint density at radius 2 is 2.12 bits per heavy atom. The van der Waals surface area contributed by atoms with Gasteiger partial charge < -0.3 is 9.52 Å². The second-order valence-corrected chi connectivity index (χ2v) is 7.51. The van der Waals surface area contributed by atoms with Crippen LogP contribution in [0, 0.1) is 6.92 Å². The largest absolute Gasteiger partial charge is 0.475 e. The number of carboxylic acids is 1. The molecule has 1 fully saturated rings. The summed E-state index contributed by atoms with van der Waals surface area (Å²) >= 11 is 3.92. The highest BCUT2D eigenvalue weighted by Gasteiger charge is 2.45. The van der Waals surface area contributed by atoms with Gasteiger partial charge in [0.1, 0.15) is 5.76 Å². The molecular formula is C12H14O3S2. The zero-order chi connectivity index (χ0) is 12.0. The lowest BCUT2D eigenvalue weighted by Gasteiger charge is -2.31. The summed E-state index contributed by atoms with van der Waals surface area (Å²) in [6.45, 7) is 1.89. The zero-order valence-corrected chi connectivity index (χ0v) is 11.2. The Bertz CT molecular complexity index is 472. The SMILES string of the molecule is Cc1c(C(=O)O)oc2c1C1(CCC2)SCCS1. The number of carboxylic acid groups (broad SMARTS) is 1. The summed E-state index contributed by atoms with van der Waals surface area (Å²) in [4.78, 5) is 11.1. The Morgan fingerprint density at radius 3 is 2.76 bits per heavy atom. The molecule has 5 heteroatoms. The van der Waals surface area contributed by atoms with E-state index in [2.05, 4.69) is 0 Å². The van der Waals surface area contributed by atoms with Gasteiger partial charge in [0.25, 0.3) is 0 Å². The van der Waals surface area contributed by atoms with E-state index in [1.807, 2.05) is 30.4 Å². The number of fused-ring (bicyclic) bond motifs is 2. The van der Waals surface area contributed by atoms with Gasteiger partial charge in [0.05, 0.1) is 4.08 Å². The molecule has 0 atom stereocenters. The topological polar surface area (TPSA) is 50.4 Å². The fraction of sp³-hybridized carbons (Fsp3) is 0.583. The maximum absolute atomic E-state index is 11.1. The van der Waals surface area contributed by atoms with Gasteiger partial charge in [0.2, 0.25) is 5.76 Å². The van der Waals surface area contributed by atoms with E-state index >= 15 is 0 Å². The fourth-order valence-corrected chi connectivity index (χ4v) is 6.36. The smallest absolute Gasteiger partial charge is 0.372 e. The first kappa shape index (κ1) is 11.5. The summed E-state index contributed by atoms with van der Waals surface area (Å²) in [6.07, 6.45) is 3.11. The van der Waals surface area contributed by atoms with Crippen LogP contribution in [0.1, 0.15) is 40.3 Å². The van der Waals surface area contributed by atoms with Crippen molar-refractivity contribution in [2.75, 3.05) is 11.5 Å². The van der Waals surface area contributed by atoms with Crippen LogP contribution < -0.4 is 0 Å². The number of rotatable bonds is 1. The highest BCUT2D eigenvalue weighted by atomic mass is 32.2. The lowest BCUT2D eigenvalue weighted by molar-refractivity contribution is 0.0659. The molecule has 2 heterocycles. The number of furan rings is 1. The van der Waals surface area contributed by atoms with Gasteiger partial charge in [-0.05, 0) is 19.8 Å². The van der Waals surface area contributed by atoms with Crippen molar-refractivity contribution < 1.29 is 14.3 Å². The van der Waals surface area contributed by atoms with E-state index in [9.17, 15) is 4.79 Å². The minimum Gasteiger partial charge on any atom is -0.475 e. The molecule has 1 spiro atoms. The average Bonchev–Trinajstić information content (AvgIpc) is 2.86. The Labute approximate surface area is 108 Å². The molecule has 0 bridgehead atoms. The molecule has 3 rings (SSSR count). The maximum Gasteiger partial charge on any atom is 0.372 e. The normalized spacial score (nSPS) is 21.7. The monoisotopic (exact) mass is 270 g/mol. The van der Waals surface area contributed by atoms with Crippen LogP contribution in [0.3, 0.4) is 0 Å². The van der Waals surface area contributed by atoms with Crippen molar-refractivity contribution in [1.82, 2.24) is 0 Å². The number of aryl methyl sites for hydroxylation is 1. The van der Waals surface area contributed by atoms with Gasteiger partial charge in [0.15, 0.2) is 0 Å². The predicted octanol–water partition coefficient (Wildman–Crippen LogP) is 3.26. The first-order valence-electron chi connectivity index (χ1n) is 5.78. The molecular weight excluding hydrogens is 256 g/mol. The second-order valence-electron chi connectivity index (χ2n) is 4.46. The van der Waals surface area contributed by atoms with Crippen LogP contribution in [-0.2, 0) is 10.5 Å². The van der Waals surface area contributed by atoms with Gasteiger partial charge in [-0.2, -0.15) is 0 Å². The number of thioether (sulfide) groups is 2. The molecule has 1 aromatic rings. The molecule has 1 N–H and O–H groups in total. The Morgan fingerprint density at radius 1 is 1.41 bits per heavy atom. The van der Waals surface area contributed by atoms with Crippen LogP contribution >= 0.6 is 23.5 Å². The van der Waals surface area contributed by atoms with Crippen LogP contribution in [0.5, 0.6) is 0 Å². The molecule has 1 saturated heterocycles. The number of hydrogen-bond donors (Lipinski definition) is 1. The van der Waals surface area contributed by atoms with Crippen molar-refractivity contribution in [1.29, 1.82) is 0 Å². The molecule has 0 saturated carbocycles. The summed E-state index contributed by atoms with van der Waals surface area (Å²) in [5, 5.41) is 9.14. The summed E-state index contributed by atoms with van der Waals surface area (Å²) in [5.74, 6) is 2.41. The van der Waals surface area contributed by atoms with Gasteiger partial charge in [-0.3, -0.25) is 0 Å². The first-order valence-corrected chi connectivity index (χ1v) is 7.75. The molecule has 3 nitrogen and oxygen atoms in total. The van der Waals surface area contributed by atoms with E-state index in [4.69, 9.17) is 9.52 Å². The van der Waals surface area contributed by atoms with Crippen LogP contribution in [0.25, 0.3) is 0 Å². The van der Waals surface area contributed by atoms with E-state index in [0.29, 0.717) is 0 Å². The van der Waals surface area contributed by atoms with E-state index in [-0.39, 0.29) is 9.84 Å². The van der Waals surface area contributed by atoms with Crippen molar-refractivity contribution in [3.8, 4) is 0 Å². The summed E-state index contributed by atoms with van der Waals surface area (Å²) in [5.41, 5.74) is 2.02. The van der Waals surface area contributed by atoms with Crippen molar-refractivity contribution in [2.24, 2.45) is 0 Å². The van der Waals surface area contributed by atoms with Gasteiger partial charge in [-0.1, -0.05) is 0 Å². The first-order chi connectivity index (χ1) is 8.14. The number of carbonyl (C=O) groups is 1. The maximum atomic E-state index is 11.1. The fourth-order valence-electron chi connectivity index (χ4n) is 2.80. The third kappa shape index (κ3) is 1.63. The van der Waals surface area contributed by atoms with E-state index in [0.717, 1.165) is 42.1 Å². The molecule has 0 unspecified atom stereocenters.